The normalized spacial score (nSPS) is 25.7. The summed E-state index contributed by atoms with van der Waals surface area (Å²) >= 11 is 0. The fourth-order valence-electron chi connectivity index (χ4n) is 2.67. The number of aliphatic hydroxyl groups is 1. The maximum Gasteiger partial charge on any atom is 0.0543 e. The molecule has 4 nitrogen and oxygen atoms in total. The molecule has 2 atom stereocenters. The molecule has 0 aromatic carbocycles. The highest BCUT2D eigenvalue weighted by molar-refractivity contribution is 5.06. The van der Waals surface area contributed by atoms with Crippen LogP contribution in [0.15, 0.2) is 12.4 Å². The monoisotopic (exact) mass is 265 g/mol. The maximum absolute atomic E-state index is 9.33. The van der Waals surface area contributed by atoms with Gasteiger partial charge in [-0.15, -0.1) is 0 Å². The van der Waals surface area contributed by atoms with E-state index in [2.05, 4.69) is 43.9 Å². The van der Waals surface area contributed by atoms with E-state index in [1.54, 1.807) is 0 Å². The lowest BCUT2D eigenvalue weighted by atomic mass is 9.94. The molecular formula is C15H27N3O. The molecule has 0 radical (unpaired) electrons. The minimum atomic E-state index is 0.0411. The summed E-state index contributed by atoms with van der Waals surface area (Å²) in [5.41, 5.74) is 1.31. The first kappa shape index (κ1) is 14.5. The molecule has 2 heterocycles. The Morgan fingerprint density at radius 3 is 2.68 bits per heavy atom. The van der Waals surface area contributed by atoms with Gasteiger partial charge in [-0.1, -0.05) is 0 Å². The molecule has 2 unspecified atom stereocenters. The van der Waals surface area contributed by atoms with Crippen LogP contribution < -0.4 is 0 Å². The summed E-state index contributed by atoms with van der Waals surface area (Å²) in [6, 6.07) is 0.598. The number of rotatable bonds is 3. The molecule has 1 aromatic rings. The smallest absolute Gasteiger partial charge is 0.0543 e. The molecule has 1 saturated heterocycles. The highest BCUT2D eigenvalue weighted by Gasteiger charge is 2.25. The van der Waals surface area contributed by atoms with Gasteiger partial charge in [0.15, 0.2) is 0 Å². The van der Waals surface area contributed by atoms with Gasteiger partial charge < -0.3 is 5.11 Å². The van der Waals surface area contributed by atoms with Crippen LogP contribution in [-0.4, -0.2) is 39.0 Å². The zero-order valence-corrected chi connectivity index (χ0v) is 12.6. The van der Waals surface area contributed by atoms with Crippen molar-refractivity contribution in [2.45, 2.75) is 58.7 Å². The molecule has 0 spiro atoms. The van der Waals surface area contributed by atoms with E-state index >= 15 is 0 Å². The molecule has 0 bridgehead atoms. The van der Waals surface area contributed by atoms with Crippen molar-refractivity contribution < 1.29 is 5.11 Å². The average molecular weight is 265 g/mol. The molecule has 1 aromatic heterocycles. The largest absolute Gasteiger partial charge is 0.396 e. The summed E-state index contributed by atoms with van der Waals surface area (Å²) < 4.78 is 2.03. The molecule has 2 rings (SSSR count). The van der Waals surface area contributed by atoms with Gasteiger partial charge in [-0.05, 0) is 46.5 Å². The summed E-state index contributed by atoms with van der Waals surface area (Å²) in [7, 11) is 0. The van der Waals surface area contributed by atoms with Crippen LogP contribution in [0.4, 0.5) is 0 Å². The van der Waals surface area contributed by atoms with Crippen molar-refractivity contribution in [1.29, 1.82) is 0 Å². The number of aromatic nitrogens is 2. The summed E-state index contributed by atoms with van der Waals surface area (Å²) in [5.74, 6) is 0.439. The first-order valence-electron chi connectivity index (χ1n) is 7.29. The Morgan fingerprint density at radius 2 is 2.11 bits per heavy atom. The molecule has 19 heavy (non-hydrogen) atoms. The first-order chi connectivity index (χ1) is 8.90. The lowest BCUT2D eigenvalue weighted by molar-refractivity contribution is 0.0771. The second kappa shape index (κ2) is 5.63. The van der Waals surface area contributed by atoms with E-state index in [1.165, 1.54) is 12.0 Å². The molecule has 1 fully saturated rings. The van der Waals surface area contributed by atoms with Gasteiger partial charge in [-0.3, -0.25) is 9.58 Å². The summed E-state index contributed by atoms with van der Waals surface area (Å²) in [6.07, 6.45) is 6.45. The predicted octanol–water partition coefficient (Wildman–Crippen LogP) is 2.23. The van der Waals surface area contributed by atoms with Crippen molar-refractivity contribution in [1.82, 2.24) is 14.7 Å². The Bertz CT molecular complexity index is 408. The Labute approximate surface area is 116 Å². The van der Waals surface area contributed by atoms with E-state index in [0.717, 1.165) is 19.5 Å². The van der Waals surface area contributed by atoms with Crippen molar-refractivity contribution in [3.05, 3.63) is 18.0 Å². The number of aliphatic hydroxyl groups excluding tert-OH is 1. The molecule has 1 N–H and O–H groups in total. The first-order valence-corrected chi connectivity index (χ1v) is 7.29. The number of hydrogen-bond donors (Lipinski definition) is 1. The SMILES string of the molecule is CC1CCC(CO)CN1Cc1cnn(C(C)(C)C)c1. The predicted molar refractivity (Wildman–Crippen MR) is 76.9 cm³/mol. The summed E-state index contributed by atoms with van der Waals surface area (Å²) in [4.78, 5) is 2.47. The van der Waals surface area contributed by atoms with Crippen LogP contribution in [0.3, 0.4) is 0 Å². The van der Waals surface area contributed by atoms with Crippen molar-refractivity contribution in [2.24, 2.45) is 5.92 Å². The lowest BCUT2D eigenvalue weighted by Crippen LogP contribution is -2.42. The van der Waals surface area contributed by atoms with Gasteiger partial charge >= 0.3 is 0 Å². The van der Waals surface area contributed by atoms with E-state index < -0.39 is 0 Å². The zero-order chi connectivity index (χ0) is 14.0. The highest BCUT2D eigenvalue weighted by atomic mass is 16.3. The zero-order valence-electron chi connectivity index (χ0n) is 12.6. The van der Waals surface area contributed by atoms with E-state index in [9.17, 15) is 5.11 Å². The van der Waals surface area contributed by atoms with Gasteiger partial charge in [0.05, 0.1) is 11.7 Å². The van der Waals surface area contributed by atoms with Gasteiger partial charge in [0, 0.05) is 37.5 Å². The molecular weight excluding hydrogens is 238 g/mol. The number of piperidine rings is 1. The summed E-state index contributed by atoms with van der Waals surface area (Å²) in [6.45, 7) is 11.0. The van der Waals surface area contributed by atoms with E-state index in [0.29, 0.717) is 18.6 Å². The second-order valence-corrected chi connectivity index (χ2v) is 6.87. The minimum absolute atomic E-state index is 0.0411. The van der Waals surface area contributed by atoms with Crippen LogP contribution in [0.2, 0.25) is 0 Å². The van der Waals surface area contributed by atoms with Crippen LogP contribution in [0.5, 0.6) is 0 Å². The van der Waals surface area contributed by atoms with E-state index in [4.69, 9.17) is 0 Å². The van der Waals surface area contributed by atoms with Crippen LogP contribution in [0.25, 0.3) is 0 Å². The third-order valence-electron chi connectivity index (χ3n) is 4.08. The number of likely N-dealkylation sites (tertiary alicyclic amines) is 1. The molecule has 108 valence electrons. The fraction of sp³-hybridized carbons (Fsp3) is 0.800. The highest BCUT2D eigenvalue weighted by Crippen LogP contribution is 2.23. The average Bonchev–Trinajstić information content (AvgIpc) is 2.80. The number of hydrogen-bond acceptors (Lipinski definition) is 3. The maximum atomic E-state index is 9.33. The van der Waals surface area contributed by atoms with Crippen LogP contribution in [0, 0.1) is 5.92 Å². The summed E-state index contributed by atoms with van der Waals surface area (Å²) in [5, 5.41) is 13.8. The lowest BCUT2D eigenvalue weighted by Gasteiger charge is -2.37. The van der Waals surface area contributed by atoms with Gasteiger partial charge in [0.1, 0.15) is 0 Å². The van der Waals surface area contributed by atoms with Crippen molar-refractivity contribution in [3.63, 3.8) is 0 Å². The Hall–Kier alpha value is -0.870. The third-order valence-corrected chi connectivity index (χ3v) is 4.08. The van der Waals surface area contributed by atoms with Crippen LogP contribution in [0.1, 0.15) is 46.1 Å². The quantitative estimate of drug-likeness (QED) is 0.911. The van der Waals surface area contributed by atoms with Crippen LogP contribution >= 0.6 is 0 Å². The van der Waals surface area contributed by atoms with Gasteiger partial charge in [0.25, 0.3) is 0 Å². The Morgan fingerprint density at radius 1 is 1.37 bits per heavy atom. The standard InChI is InChI=1S/C15H27N3O/c1-12-5-6-13(11-19)8-17(12)9-14-7-16-18(10-14)15(2,3)4/h7,10,12-13,19H,5-6,8-9,11H2,1-4H3. The number of nitrogens with zero attached hydrogens (tertiary/aromatic N) is 3. The van der Waals surface area contributed by atoms with Gasteiger partial charge in [-0.2, -0.15) is 5.10 Å². The van der Waals surface area contributed by atoms with Crippen molar-refractivity contribution >= 4 is 0 Å². The van der Waals surface area contributed by atoms with E-state index in [1.807, 2.05) is 10.9 Å². The minimum Gasteiger partial charge on any atom is -0.396 e. The van der Waals surface area contributed by atoms with Gasteiger partial charge in [-0.25, -0.2) is 0 Å². The van der Waals surface area contributed by atoms with Crippen LogP contribution in [-0.2, 0) is 12.1 Å². The molecule has 0 saturated carbocycles. The van der Waals surface area contributed by atoms with Crippen molar-refractivity contribution in [3.8, 4) is 0 Å². The molecule has 0 aliphatic carbocycles. The fourth-order valence-corrected chi connectivity index (χ4v) is 2.67. The molecule has 4 heteroatoms. The topological polar surface area (TPSA) is 41.3 Å². The third kappa shape index (κ3) is 3.57. The molecule has 1 aliphatic rings. The van der Waals surface area contributed by atoms with E-state index in [-0.39, 0.29) is 5.54 Å². The molecule has 1 aliphatic heterocycles. The van der Waals surface area contributed by atoms with Gasteiger partial charge in [0.2, 0.25) is 0 Å². The second-order valence-electron chi connectivity index (χ2n) is 6.87. The van der Waals surface area contributed by atoms with Crippen molar-refractivity contribution in [2.75, 3.05) is 13.2 Å². The molecule has 0 amide bonds. The Balaban J connectivity index is 2.01. The Kier molecular flexibility index (Phi) is 4.31.